The summed E-state index contributed by atoms with van der Waals surface area (Å²) in [5.41, 5.74) is 1.41. The lowest BCUT2D eigenvalue weighted by Crippen LogP contribution is -2.30. The lowest BCUT2D eigenvalue weighted by molar-refractivity contribution is -0.151. The van der Waals surface area contributed by atoms with Crippen LogP contribution >= 0.6 is 0 Å². The highest BCUT2D eigenvalue weighted by molar-refractivity contribution is 6.04. The number of ether oxygens (including phenoxy) is 2. The maximum Gasteiger partial charge on any atom is 0.339 e. The van der Waals surface area contributed by atoms with Gasteiger partial charge in [-0.15, -0.1) is 0 Å². The topological polar surface area (TPSA) is 119 Å². The van der Waals surface area contributed by atoms with E-state index in [2.05, 4.69) is 4.98 Å². The van der Waals surface area contributed by atoms with Gasteiger partial charge in [-0.1, -0.05) is 0 Å². The van der Waals surface area contributed by atoms with Gasteiger partial charge < -0.3 is 23.8 Å². The van der Waals surface area contributed by atoms with E-state index < -0.39 is 29.7 Å². The Kier molecular flexibility index (Phi) is 6.09. The Labute approximate surface area is 173 Å². The number of H-pyrrole nitrogens is 1. The van der Waals surface area contributed by atoms with Gasteiger partial charge in [0, 0.05) is 18.7 Å². The van der Waals surface area contributed by atoms with Crippen LogP contribution in [0.1, 0.15) is 51.2 Å². The van der Waals surface area contributed by atoms with Crippen molar-refractivity contribution in [2.24, 2.45) is 5.92 Å². The third-order valence-electron chi connectivity index (χ3n) is 5.21. The highest BCUT2D eigenvalue weighted by Crippen LogP contribution is 2.24. The highest BCUT2D eigenvalue weighted by atomic mass is 16.5. The number of likely N-dealkylation sites (tertiary alicyclic amines) is 1. The summed E-state index contributed by atoms with van der Waals surface area (Å²) in [6.07, 6.45) is 0.465. The molecule has 0 saturated carbocycles. The van der Waals surface area contributed by atoms with E-state index in [9.17, 15) is 19.2 Å². The van der Waals surface area contributed by atoms with Crippen molar-refractivity contribution in [3.63, 3.8) is 0 Å². The molecule has 30 heavy (non-hydrogen) atoms. The van der Waals surface area contributed by atoms with E-state index in [-0.39, 0.29) is 36.7 Å². The molecule has 160 valence electrons. The first-order valence-electron chi connectivity index (χ1n) is 9.55. The number of hydrogen-bond donors (Lipinski definition) is 1. The summed E-state index contributed by atoms with van der Waals surface area (Å²) in [6.45, 7) is 5.23. The zero-order valence-corrected chi connectivity index (χ0v) is 17.3. The minimum Gasteiger partial charge on any atom is -0.467 e. The second-order valence-corrected chi connectivity index (χ2v) is 7.31. The van der Waals surface area contributed by atoms with Gasteiger partial charge in [0.1, 0.15) is 5.76 Å². The molecular weight excluding hydrogens is 392 g/mol. The number of aromatic amines is 1. The number of ketones is 1. The molecule has 3 heterocycles. The van der Waals surface area contributed by atoms with Crippen LogP contribution in [-0.4, -0.2) is 53.3 Å². The number of amides is 1. The molecule has 0 aromatic carbocycles. The quantitative estimate of drug-likeness (QED) is 0.543. The molecule has 2 atom stereocenters. The van der Waals surface area contributed by atoms with Crippen LogP contribution in [0.2, 0.25) is 0 Å². The number of hydrogen-bond acceptors (Lipinski definition) is 7. The van der Waals surface area contributed by atoms with Crippen LogP contribution in [0.3, 0.4) is 0 Å². The lowest BCUT2D eigenvalue weighted by Gasteiger charge is -2.16. The summed E-state index contributed by atoms with van der Waals surface area (Å²) in [6, 6.07) is 3.48. The zero-order valence-electron chi connectivity index (χ0n) is 17.3. The Morgan fingerprint density at radius 2 is 2.07 bits per heavy atom. The van der Waals surface area contributed by atoms with E-state index in [1.807, 2.05) is 0 Å². The maximum atomic E-state index is 12.8. The Morgan fingerprint density at radius 1 is 1.33 bits per heavy atom. The number of rotatable bonds is 7. The van der Waals surface area contributed by atoms with Gasteiger partial charge in [-0.25, -0.2) is 4.79 Å². The molecule has 0 unspecified atom stereocenters. The molecule has 3 rings (SSSR count). The van der Waals surface area contributed by atoms with E-state index in [0.29, 0.717) is 17.0 Å². The van der Waals surface area contributed by atoms with Gasteiger partial charge in [0.25, 0.3) is 0 Å². The van der Waals surface area contributed by atoms with Crippen molar-refractivity contribution in [3.8, 4) is 0 Å². The average molecular weight is 416 g/mol. The summed E-state index contributed by atoms with van der Waals surface area (Å²) in [4.78, 5) is 53.8. The number of methoxy groups -OCH3 is 1. The SMILES string of the molecule is COC(=O)c1c(C)[nH]c(C(=O)[C@H](C)OC(=O)[C@@H]2CC(=O)N(Cc3ccco3)C2)c1C. The second kappa shape index (κ2) is 8.56. The molecular formula is C21H24N2O7. The van der Waals surface area contributed by atoms with Gasteiger partial charge in [-0.05, 0) is 38.5 Å². The number of esters is 2. The Bertz CT molecular complexity index is 974. The Morgan fingerprint density at radius 3 is 2.70 bits per heavy atom. The maximum absolute atomic E-state index is 12.8. The smallest absolute Gasteiger partial charge is 0.339 e. The number of nitrogens with one attached hydrogen (secondary N) is 1. The molecule has 2 aromatic rings. The molecule has 0 bridgehead atoms. The summed E-state index contributed by atoms with van der Waals surface area (Å²) < 4.78 is 15.3. The largest absolute Gasteiger partial charge is 0.467 e. The van der Waals surface area contributed by atoms with Crippen molar-refractivity contribution < 1.29 is 33.1 Å². The van der Waals surface area contributed by atoms with E-state index in [0.717, 1.165) is 0 Å². The van der Waals surface area contributed by atoms with Crippen LogP contribution in [0.15, 0.2) is 22.8 Å². The van der Waals surface area contributed by atoms with Crippen molar-refractivity contribution in [1.29, 1.82) is 0 Å². The zero-order chi connectivity index (χ0) is 22.0. The summed E-state index contributed by atoms with van der Waals surface area (Å²) in [7, 11) is 1.26. The molecule has 9 heteroatoms. The van der Waals surface area contributed by atoms with E-state index >= 15 is 0 Å². The molecule has 1 fully saturated rings. The second-order valence-electron chi connectivity index (χ2n) is 7.31. The fourth-order valence-electron chi connectivity index (χ4n) is 3.61. The number of carbonyl (C=O) groups is 4. The van der Waals surface area contributed by atoms with Crippen LogP contribution in [-0.2, 0) is 25.6 Å². The normalized spacial score (nSPS) is 17.1. The van der Waals surface area contributed by atoms with Crippen LogP contribution in [0.25, 0.3) is 0 Å². The van der Waals surface area contributed by atoms with Crippen LogP contribution in [0.5, 0.6) is 0 Å². The number of aromatic nitrogens is 1. The lowest BCUT2D eigenvalue weighted by atomic mass is 10.1. The first-order chi connectivity index (χ1) is 14.2. The van der Waals surface area contributed by atoms with Gasteiger partial charge in [0.15, 0.2) is 6.10 Å². The first-order valence-corrected chi connectivity index (χ1v) is 9.55. The highest BCUT2D eigenvalue weighted by Gasteiger charge is 2.37. The van der Waals surface area contributed by atoms with Crippen LogP contribution in [0, 0.1) is 19.8 Å². The van der Waals surface area contributed by atoms with E-state index in [1.54, 1.807) is 26.0 Å². The molecule has 1 amide bonds. The summed E-state index contributed by atoms with van der Waals surface area (Å²) in [5, 5.41) is 0. The standard InChI is InChI=1S/C21H24N2O7/c1-11-17(21(27)28-4)12(2)22-18(11)19(25)13(3)30-20(26)14-8-16(24)23(9-14)10-15-6-5-7-29-15/h5-7,13-14,22H,8-10H2,1-4H3/t13-,14+/m0/s1. The minimum absolute atomic E-state index is 0.0214. The molecule has 0 aliphatic carbocycles. The third kappa shape index (κ3) is 4.14. The van der Waals surface area contributed by atoms with E-state index in [4.69, 9.17) is 13.9 Å². The predicted octanol–water partition coefficient (Wildman–Crippen LogP) is 2.17. The first kappa shape index (κ1) is 21.4. The van der Waals surface area contributed by atoms with Crippen molar-refractivity contribution >= 4 is 23.6 Å². The van der Waals surface area contributed by atoms with Gasteiger partial charge in [-0.3, -0.25) is 14.4 Å². The van der Waals surface area contributed by atoms with Gasteiger partial charge >= 0.3 is 11.9 Å². The third-order valence-corrected chi connectivity index (χ3v) is 5.21. The predicted molar refractivity (Wildman–Crippen MR) is 104 cm³/mol. The van der Waals surface area contributed by atoms with Crippen LogP contribution < -0.4 is 0 Å². The van der Waals surface area contributed by atoms with Crippen molar-refractivity contribution in [1.82, 2.24) is 9.88 Å². The van der Waals surface area contributed by atoms with E-state index in [1.165, 1.54) is 25.2 Å². The number of nitrogens with zero attached hydrogens (tertiary/aromatic N) is 1. The molecule has 1 aliphatic rings. The summed E-state index contributed by atoms with van der Waals surface area (Å²) >= 11 is 0. The van der Waals surface area contributed by atoms with Gasteiger partial charge in [-0.2, -0.15) is 0 Å². The molecule has 0 spiro atoms. The number of aryl methyl sites for hydroxylation is 1. The average Bonchev–Trinajstić information content (AvgIpc) is 3.41. The monoisotopic (exact) mass is 416 g/mol. The molecule has 1 N–H and O–H groups in total. The van der Waals surface area contributed by atoms with Crippen molar-refractivity contribution in [2.75, 3.05) is 13.7 Å². The van der Waals surface area contributed by atoms with Gasteiger partial charge in [0.05, 0.1) is 37.1 Å². The molecule has 9 nitrogen and oxygen atoms in total. The fraction of sp³-hybridized carbons (Fsp3) is 0.429. The number of carbonyl (C=O) groups excluding carboxylic acids is 4. The molecule has 1 aliphatic heterocycles. The minimum atomic E-state index is -1.08. The Balaban J connectivity index is 1.64. The van der Waals surface area contributed by atoms with Crippen molar-refractivity contribution in [3.05, 3.63) is 46.7 Å². The van der Waals surface area contributed by atoms with Crippen molar-refractivity contribution in [2.45, 2.75) is 39.8 Å². The molecule has 2 aromatic heterocycles. The molecule has 1 saturated heterocycles. The summed E-state index contributed by atoms with van der Waals surface area (Å²) in [5.74, 6) is -1.83. The number of furan rings is 1. The Hall–Kier alpha value is -3.36. The fourth-order valence-corrected chi connectivity index (χ4v) is 3.61. The number of Topliss-reactive ketones (excluding diaryl/α,β-unsaturated/α-hetero) is 1. The van der Waals surface area contributed by atoms with Crippen LogP contribution in [0.4, 0.5) is 0 Å². The molecule has 0 radical (unpaired) electrons. The van der Waals surface area contributed by atoms with Gasteiger partial charge in [0.2, 0.25) is 11.7 Å².